The minimum absolute atomic E-state index is 0.0491. The zero-order chi connectivity index (χ0) is 23.6. The first-order valence-electron chi connectivity index (χ1n) is 11.5. The Bertz CT molecular complexity index is 989. The molecule has 33 heavy (non-hydrogen) atoms. The first kappa shape index (κ1) is 24.6. The molecule has 5 nitrogen and oxygen atoms in total. The molecule has 1 aromatic heterocycles. The van der Waals surface area contributed by atoms with E-state index in [1.807, 2.05) is 74.8 Å². The smallest absolute Gasteiger partial charge is 0.243 e. The van der Waals surface area contributed by atoms with E-state index >= 15 is 0 Å². The number of aryl methyl sites for hydroxylation is 1. The number of amides is 2. The Morgan fingerprint density at radius 1 is 1.09 bits per heavy atom. The number of rotatable bonds is 6. The average Bonchev–Trinajstić information content (AvgIpc) is 3.48. The molecule has 1 fully saturated rings. The van der Waals surface area contributed by atoms with Crippen LogP contribution in [-0.2, 0) is 16.1 Å². The van der Waals surface area contributed by atoms with Crippen molar-refractivity contribution in [2.75, 3.05) is 6.54 Å². The van der Waals surface area contributed by atoms with E-state index in [0.29, 0.717) is 25.4 Å². The Hall–Kier alpha value is -2.99. The third-order valence-corrected chi connectivity index (χ3v) is 6.53. The van der Waals surface area contributed by atoms with Gasteiger partial charge in [-0.15, -0.1) is 11.3 Å². The molecule has 6 heteroatoms. The quantitative estimate of drug-likeness (QED) is 0.528. The van der Waals surface area contributed by atoms with Gasteiger partial charge in [0.15, 0.2) is 0 Å². The fraction of sp³-hybridized carbons (Fsp3) is 0.370. The molecule has 0 radical (unpaired) electrons. The van der Waals surface area contributed by atoms with Crippen LogP contribution in [0.25, 0.3) is 10.4 Å². The lowest BCUT2D eigenvalue weighted by molar-refractivity contribution is -0.139. The van der Waals surface area contributed by atoms with Crippen LogP contribution in [0.3, 0.4) is 0 Å². The van der Waals surface area contributed by atoms with Gasteiger partial charge in [-0.3, -0.25) is 9.59 Å². The second-order valence-electron chi connectivity index (χ2n) is 8.68. The summed E-state index contributed by atoms with van der Waals surface area (Å²) in [5.41, 5.74) is 5.08. The molecule has 1 saturated heterocycles. The maximum absolute atomic E-state index is 12.6. The standard InChI is InChI=1S/C21H27N3O2S.C6H6/c1-14(2)11-19(25)24-10-4-5-18(24)21(26)22-12-16-6-8-17(9-7-16)20-15(3)23-13-27-20;1-2-4-6-5-3-1/h6-9,13-14,18H,4-5,10-12H2,1-3H3,(H,22,26);1-6H. The number of thiazole rings is 1. The van der Waals surface area contributed by atoms with E-state index in [4.69, 9.17) is 0 Å². The first-order valence-corrected chi connectivity index (χ1v) is 12.4. The molecule has 1 atom stereocenters. The Balaban J connectivity index is 0.000000442. The van der Waals surface area contributed by atoms with Crippen LogP contribution in [0, 0.1) is 12.8 Å². The molecule has 2 amide bonds. The number of hydrogen-bond acceptors (Lipinski definition) is 4. The zero-order valence-electron chi connectivity index (χ0n) is 19.7. The maximum Gasteiger partial charge on any atom is 0.243 e. The minimum atomic E-state index is -0.324. The SMILES string of the molecule is Cc1ncsc1-c1ccc(CNC(=O)C2CCCN2C(=O)CC(C)C)cc1.c1ccccc1. The van der Waals surface area contributed by atoms with Crippen LogP contribution < -0.4 is 5.32 Å². The maximum atomic E-state index is 12.6. The van der Waals surface area contributed by atoms with Gasteiger partial charge in [-0.1, -0.05) is 74.5 Å². The summed E-state index contributed by atoms with van der Waals surface area (Å²) in [5, 5.41) is 3.00. The van der Waals surface area contributed by atoms with Crippen molar-refractivity contribution in [1.82, 2.24) is 15.2 Å². The molecule has 0 aliphatic carbocycles. The van der Waals surface area contributed by atoms with Crippen molar-refractivity contribution >= 4 is 23.2 Å². The summed E-state index contributed by atoms with van der Waals surface area (Å²) in [5.74, 6) is 0.349. The summed E-state index contributed by atoms with van der Waals surface area (Å²) in [6.07, 6.45) is 2.15. The fourth-order valence-electron chi connectivity index (χ4n) is 3.85. The summed E-state index contributed by atoms with van der Waals surface area (Å²) in [6.45, 7) is 7.23. The first-order chi connectivity index (χ1) is 16.0. The largest absolute Gasteiger partial charge is 0.350 e. The summed E-state index contributed by atoms with van der Waals surface area (Å²) in [6, 6.07) is 19.9. The molecule has 3 aromatic rings. The molecular weight excluding hydrogens is 430 g/mol. The lowest BCUT2D eigenvalue weighted by Crippen LogP contribution is -2.46. The van der Waals surface area contributed by atoms with E-state index in [0.717, 1.165) is 29.7 Å². The Labute approximate surface area is 200 Å². The lowest BCUT2D eigenvalue weighted by Gasteiger charge is -2.24. The van der Waals surface area contributed by atoms with Crippen molar-refractivity contribution in [3.63, 3.8) is 0 Å². The van der Waals surface area contributed by atoms with Crippen molar-refractivity contribution in [2.45, 2.75) is 52.6 Å². The summed E-state index contributed by atoms with van der Waals surface area (Å²) in [7, 11) is 0. The van der Waals surface area contributed by atoms with Gasteiger partial charge in [0.25, 0.3) is 0 Å². The molecule has 1 unspecified atom stereocenters. The van der Waals surface area contributed by atoms with Crippen LogP contribution in [0.1, 0.15) is 44.4 Å². The molecule has 0 spiro atoms. The normalized spacial score (nSPS) is 15.2. The molecule has 0 saturated carbocycles. The predicted octanol–water partition coefficient (Wildman–Crippen LogP) is 5.46. The molecule has 1 N–H and O–H groups in total. The molecule has 2 heterocycles. The number of benzene rings is 2. The van der Waals surface area contributed by atoms with E-state index in [1.54, 1.807) is 16.2 Å². The van der Waals surface area contributed by atoms with Gasteiger partial charge in [0.1, 0.15) is 6.04 Å². The third-order valence-electron chi connectivity index (χ3n) is 5.55. The molecule has 1 aliphatic rings. The van der Waals surface area contributed by atoms with E-state index < -0.39 is 0 Å². The highest BCUT2D eigenvalue weighted by molar-refractivity contribution is 7.13. The number of nitrogens with one attached hydrogen (secondary N) is 1. The number of aromatic nitrogens is 1. The third kappa shape index (κ3) is 7.26. The highest BCUT2D eigenvalue weighted by Crippen LogP contribution is 2.27. The van der Waals surface area contributed by atoms with Crippen LogP contribution in [0.2, 0.25) is 0 Å². The van der Waals surface area contributed by atoms with Crippen LogP contribution in [-0.4, -0.2) is 34.3 Å². The zero-order valence-corrected chi connectivity index (χ0v) is 20.5. The van der Waals surface area contributed by atoms with Crippen molar-refractivity contribution in [3.8, 4) is 10.4 Å². The van der Waals surface area contributed by atoms with Gasteiger partial charge in [0.2, 0.25) is 11.8 Å². The summed E-state index contributed by atoms with van der Waals surface area (Å²) in [4.78, 5) is 32.2. The summed E-state index contributed by atoms with van der Waals surface area (Å²) < 4.78 is 0. The van der Waals surface area contributed by atoms with Crippen LogP contribution in [0.15, 0.2) is 66.2 Å². The molecule has 0 bridgehead atoms. The van der Waals surface area contributed by atoms with Crippen LogP contribution in [0.5, 0.6) is 0 Å². The van der Waals surface area contributed by atoms with Crippen molar-refractivity contribution in [3.05, 3.63) is 77.4 Å². The Kier molecular flexibility index (Phi) is 9.19. The number of carbonyl (C=O) groups excluding carboxylic acids is 2. The van der Waals surface area contributed by atoms with Gasteiger partial charge >= 0.3 is 0 Å². The monoisotopic (exact) mass is 463 g/mol. The van der Waals surface area contributed by atoms with Gasteiger partial charge in [-0.05, 0) is 36.8 Å². The van der Waals surface area contributed by atoms with E-state index in [1.165, 1.54) is 4.88 Å². The van der Waals surface area contributed by atoms with E-state index in [9.17, 15) is 9.59 Å². The van der Waals surface area contributed by atoms with Gasteiger partial charge in [0, 0.05) is 19.5 Å². The number of likely N-dealkylation sites (tertiary alicyclic amines) is 1. The van der Waals surface area contributed by atoms with Crippen LogP contribution in [0.4, 0.5) is 0 Å². The Morgan fingerprint density at radius 3 is 2.27 bits per heavy atom. The van der Waals surface area contributed by atoms with Gasteiger partial charge in [-0.2, -0.15) is 0 Å². The predicted molar refractivity (Wildman–Crippen MR) is 135 cm³/mol. The van der Waals surface area contributed by atoms with Gasteiger partial charge in [-0.25, -0.2) is 4.98 Å². The number of carbonyl (C=O) groups is 2. The topological polar surface area (TPSA) is 62.3 Å². The van der Waals surface area contributed by atoms with Crippen molar-refractivity contribution < 1.29 is 9.59 Å². The molecule has 4 rings (SSSR count). The van der Waals surface area contributed by atoms with Gasteiger partial charge in [0.05, 0.1) is 16.1 Å². The molecule has 174 valence electrons. The molecular formula is C27H33N3O2S. The second kappa shape index (κ2) is 12.3. The van der Waals surface area contributed by atoms with Gasteiger partial charge < -0.3 is 10.2 Å². The van der Waals surface area contributed by atoms with E-state index in [2.05, 4.69) is 22.4 Å². The number of hydrogen-bond donors (Lipinski definition) is 1. The minimum Gasteiger partial charge on any atom is -0.350 e. The van der Waals surface area contributed by atoms with Crippen LogP contribution >= 0.6 is 11.3 Å². The van der Waals surface area contributed by atoms with E-state index in [-0.39, 0.29) is 17.9 Å². The fourth-order valence-corrected chi connectivity index (χ4v) is 4.66. The Morgan fingerprint density at radius 2 is 1.73 bits per heavy atom. The molecule has 1 aliphatic heterocycles. The number of nitrogens with zero attached hydrogens (tertiary/aromatic N) is 2. The van der Waals surface area contributed by atoms with Crippen molar-refractivity contribution in [1.29, 1.82) is 0 Å². The highest BCUT2D eigenvalue weighted by Gasteiger charge is 2.33. The summed E-state index contributed by atoms with van der Waals surface area (Å²) >= 11 is 1.63. The lowest BCUT2D eigenvalue weighted by atomic mass is 10.1. The highest BCUT2D eigenvalue weighted by atomic mass is 32.1. The van der Waals surface area contributed by atoms with Crippen molar-refractivity contribution in [2.24, 2.45) is 5.92 Å². The average molecular weight is 464 g/mol. The second-order valence-corrected chi connectivity index (χ2v) is 9.53. The molecule has 2 aromatic carbocycles.